The van der Waals surface area contributed by atoms with Gasteiger partial charge in [-0.15, -0.1) is 0 Å². The Hall–Kier alpha value is -1.47. The lowest BCUT2D eigenvalue weighted by molar-refractivity contribution is -0.128. The highest BCUT2D eigenvalue weighted by molar-refractivity contribution is 6.31. The predicted octanol–water partition coefficient (Wildman–Crippen LogP) is 2.12. The van der Waals surface area contributed by atoms with Crippen molar-refractivity contribution in [2.75, 3.05) is 20.2 Å². The number of amides is 1. The normalized spacial score (nSPS) is 11.2. The van der Waals surface area contributed by atoms with Crippen LogP contribution in [0.2, 0.25) is 5.02 Å². The van der Waals surface area contributed by atoms with E-state index in [1.165, 1.54) is 7.11 Å². The maximum Gasteiger partial charge on any atom is 0.401 e. The summed E-state index contributed by atoms with van der Waals surface area (Å²) in [5.74, 6) is -0.0581. The second-order valence-corrected chi connectivity index (χ2v) is 4.32. The molecule has 1 amide bonds. The van der Waals surface area contributed by atoms with Crippen LogP contribution in [0.15, 0.2) is 18.2 Å². The molecule has 0 heterocycles. The van der Waals surface area contributed by atoms with Crippen molar-refractivity contribution in [3.8, 4) is 5.75 Å². The number of carbonyl (C=O) groups is 1. The van der Waals surface area contributed by atoms with Gasteiger partial charge in [-0.2, -0.15) is 13.2 Å². The molecule has 0 fully saturated rings. The Labute approximate surface area is 119 Å². The standard InChI is InChI=1S/C12H14ClF3N2O2/c1-20-10-4-2-3-9(13)8(10)5-18-11(19)6-17-7-12(14,15)16/h2-4,17H,5-7H2,1H3,(H,18,19). The van der Waals surface area contributed by atoms with Gasteiger partial charge in [0.2, 0.25) is 5.91 Å². The molecule has 0 atom stereocenters. The van der Waals surface area contributed by atoms with Gasteiger partial charge in [0.1, 0.15) is 5.75 Å². The number of rotatable bonds is 6. The molecule has 0 saturated carbocycles. The van der Waals surface area contributed by atoms with E-state index in [2.05, 4.69) is 5.32 Å². The summed E-state index contributed by atoms with van der Waals surface area (Å²) in [4.78, 5) is 11.4. The van der Waals surface area contributed by atoms with E-state index in [0.29, 0.717) is 16.3 Å². The number of alkyl halides is 3. The molecule has 1 aromatic carbocycles. The largest absolute Gasteiger partial charge is 0.496 e. The average Bonchev–Trinajstić information content (AvgIpc) is 2.35. The van der Waals surface area contributed by atoms with Crippen molar-refractivity contribution in [3.63, 3.8) is 0 Å². The molecule has 0 unspecified atom stereocenters. The minimum Gasteiger partial charge on any atom is -0.496 e. The van der Waals surface area contributed by atoms with E-state index >= 15 is 0 Å². The quantitative estimate of drug-likeness (QED) is 0.846. The number of carbonyl (C=O) groups excluding carboxylic acids is 1. The zero-order chi connectivity index (χ0) is 15.2. The van der Waals surface area contributed by atoms with Crippen LogP contribution < -0.4 is 15.4 Å². The Morgan fingerprint density at radius 2 is 2.10 bits per heavy atom. The van der Waals surface area contributed by atoms with Crippen LogP contribution in [0.5, 0.6) is 5.75 Å². The van der Waals surface area contributed by atoms with E-state index in [-0.39, 0.29) is 6.54 Å². The minimum atomic E-state index is -4.34. The third-order valence-electron chi connectivity index (χ3n) is 2.37. The Morgan fingerprint density at radius 3 is 2.70 bits per heavy atom. The fraction of sp³-hybridized carbons (Fsp3) is 0.417. The topological polar surface area (TPSA) is 50.4 Å². The highest BCUT2D eigenvalue weighted by Crippen LogP contribution is 2.25. The van der Waals surface area contributed by atoms with Gasteiger partial charge in [-0.1, -0.05) is 17.7 Å². The average molecular weight is 311 g/mol. The first kappa shape index (κ1) is 16.6. The molecule has 0 bridgehead atoms. The third-order valence-corrected chi connectivity index (χ3v) is 2.72. The zero-order valence-electron chi connectivity index (χ0n) is 10.7. The Balaban J connectivity index is 2.45. The lowest BCUT2D eigenvalue weighted by atomic mass is 10.2. The number of methoxy groups -OCH3 is 1. The van der Waals surface area contributed by atoms with Gasteiger partial charge in [-0.05, 0) is 12.1 Å². The van der Waals surface area contributed by atoms with E-state index in [1.807, 2.05) is 5.32 Å². The van der Waals surface area contributed by atoms with E-state index in [4.69, 9.17) is 16.3 Å². The van der Waals surface area contributed by atoms with Crippen molar-refractivity contribution in [3.05, 3.63) is 28.8 Å². The smallest absolute Gasteiger partial charge is 0.401 e. The molecule has 1 aromatic rings. The summed E-state index contributed by atoms with van der Waals surface area (Å²) in [6.07, 6.45) is -4.34. The summed E-state index contributed by atoms with van der Waals surface area (Å²) < 4.78 is 40.7. The summed E-state index contributed by atoms with van der Waals surface area (Å²) in [5, 5.41) is 4.88. The SMILES string of the molecule is COc1cccc(Cl)c1CNC(=O)CNCC(F)(F)F. The van der Waals surface area contributed by atoms with Gasteiger partial charge in [0, 0.05) is 17.1 Å². The molecular weight excluding hydrogens is 297 g/mol. The summed E-state index contributed by atoms with van der Waals surface area (Å²) in [6, 6.07) is 5.00. The summed E-state index contributed by atoms with van der Waals surface area (Å²) in [6.45, 7) is -1.56. The van der Waals surface area contributed by atoms with Crippen LogP contribution in [0.1, 0.15) is 5.56 Å². The van der Waals surface area contributed by atoms with E-state index in [1.54, 1.807) is 18.2 Å². The van der Waals surface area contributed by atoms with E-state index in [9.17, 15) is 18.0 Å². The zero-order valence-corrected chi connectivity index (χ0v) is 11.4. The Kier molecular flexibility index (Phi) is 6.09. The Bertz CT molecular complexity index is 467. The number of nitrogens with one attached hydrogen (secondary N) is 2. The lowest BCUT2D eigenvalue weighted by Gasteiger charge is -2.12. The molecule has 0 radical (unpaired) electrons. The first-order valence-electron chi connectivity index (χ1n) is 5.69. The second-order valence-electron chi connectivity index (χ2n) is 3.92. The molecule has 8 heteroatoms. The first-order chi connectivity index (χ1) is 9.33. The van der Waals surface area contributed by atoms with Crippen molar-refractivity contribution >= 4 is 17.5 Å². The van der Waals surface area contributed by atoms with Crippen molar-refractivity contribution in [1.82, 2.24) is 10.6 Å². The number of hydrogen-bond donors (Lipinski definition) is 2. The van der Waals surface area contributed by atoms with Crippen molar-refractivity contribution in [1.29, 1.82) is 0 Å². The maximum absolute atomic E-state index is 11.9. The van der Waals surface area contributed by atoms with Crippen LogP contribution in [0.4, 0.5) is 13.2 Å². The van der Waals surface area contributed by atoms with Crippen LogP contribution in [0.3, 0.4) is 0 Å². The van der Waals surface area contributed by atoms with Gasteiger partial charge in [0.05, 0.1) is 20.2 Å². The molecule has 4 nitrogen and oxygen atoms in total. The van der Waals surface area contributed by atoms with Gasteiger partial charge in [0.25, 0.3) is 0 Å². The second kappa shape index (κ2) is 7.35. The fourth-order valence-electron chi connectivity index (χ4n) is 1.47. The lowest BCUT2D eigenvalue weighted by Crippen LogP contribution is -2.38. The Morgan fingerprint density at radius 1 is 1.40 bits per heavy atom. The molecule has 0 aliphatic heterocycles. The molecular formula is C12H14ClF3N2O2. The monoisotopic (exact) mass is 310 g/mol. The molecule has 0 spiro atoms. The van der Waals surface area contributed by atoms with Crippen LogP contribution in [-0.2, 0) is 11.3 Å². The molecule has 0 aliphatic rings. The molecule has 0 saturated heterocycles. The molecule has 2 N–H and O–H groups in total. The van der Waals surface area contributed by atoms with Crippen LogP contribution in [0, 0.1) is 0 Å². The highest BCUT2D eigenvalue weighted by atomic mass is 35.5. The van der Waals surface area contributed by atoms with Gasteiger partial charge in [-0.25, -0.2) is 0 Å². The van der Waals surface area contributed by atoms with E-state index < -0.39 is 25.2 Å². The number of benzene rings is 1. The first-order valence-corrected chi connectivity index (χ1v) is 6.07. The van der Waals surface area contributed by atoms with Crippen LogP contribution in [0.25, 0.3) is 0 Å². The van der Waals surface area contributed by atoms with Crippen LogP contribution >= 0.6 is 11.6 Å². The minimum absolute atomic E-state index is 0.0787. The predicted molar refractivity (Wildman–Crippen MR) is 68.8 cm³/mol. The molecule has 20 heavy (non-hydrogen) atoms. The van der Waals surface area contributed by atoms with Crippen molar-refractivity contribution in [2.45, 2.75) is 12.7 Å². The summed E-state index contributed by atoms with van der Waals surface area (Å²) in [5.41, 5.74) is 0.570. The van der Waals surface area contributed by atoms with Gasteiger partial charge in [-0.3, -0.25) is 4.79 Å². The molecule has 112 valence electrons. The van der Waals surface area contributed by atoms with Gasteiger partial charge >= 0.3 is 6.18 Å². The molecule has 0 aliphatic carbocycles. The van der Waals surface area contributed by atoms with Gasteiger partial charge < -0.3 is 15.4 Å². The van der Waals surface area contributed by atoms with E-state index in [0.717, 1.165) is 0 Å². The molecule has 0 aromatic heterocycles. The third kappa shape index (κ3) is 5.66. The number of halogens is 4. The summed E-state index contributed by atoms with van der Waals surface area (Å²) in [7, 11) is 1.46. The molecule has 1 rings (SSSR count). The van der Waals surface area contributed by atoms with Crippen molar-refractivity contribution < 1.29 is 22.7 Å². The van der Waals surface area contributed by atoms with Gasteiger partial charge in [0.15, 0.2) is 0 Å². The summed E-state index contributed by atoms with van der Waals surface area (Å²) >= 11 is 5.96. The highest BCUT2D eigenvalue weighted by Gasteiger charge is 2.26. The number of hydrogen-bond acceptors (Lipinski definition) is 3. The number of ether oxygens (including phenoxy) is 1. The maximum atomic E-state index is 11.9. The fourth-order valence-corrected chi connectivity index (χ4v) is 1.70. The van der Waals surface area contributed by atoms with Crippen LogP contribution in [-0.4, -0.2) is 32.3 Å². The van der Waals surface area contributed by atoms with Crippen molar-refractivity contribution in [2.24, 2.45) is 0 Å².